The number of methoxy groups -OCH3 is 2. The summed E-state index contributed by atoms with van der Waals surface area (Å²) in [6.45, 7) is 5.13. The van der Waals surface area contributed by atoms with Crippen molar-refractivity contribution in [2.24, 2.45) is 0 Å². The molecule has 0 amide bonds. The standard InChI is InChI=1S/C18H23NO2/c1-5-19-18(14-7-6-8-15(12-14)20-3)17-10-9-16(21-4)11-13(17)2/h6-12,18-19H,5H2,1-4H3. The summed E-state index contributed by atoms with van der Waals surface area (Å²) in [6.07, 6.45) is 0. The molecule has 0 radical (unpaired) electrons. The van der Waals surface area contributed by atoms with Crippen molar-refractivity contribution in [2.45, 2.75) is 19.9 Å². The van der Waals surface area contributed by atoms with Crippen LogP contribution in [0.4, 0.5) is 0 Å². The van der Waals surface area contributed by atoms with E-state index in [4.69, 9.17) is 9.47 Å². The van der Waals surface area contributed by atoms with Gasteiger partial charge in [-0.15, -0.1) is 0 Å². The van der Waals surface area contributed by atoms with Gasteiger partial charge < -0.3 is 14.8 Å². The van der Waals surface area contributed by atoms with Gasteiger partial charge in [-0.1, -0.05) is 25.1 Å². The van der Waals surface area contributed by atoms with Gasteiger partial charge in [-0.2, -0.15) is 0 Å². The van der Waals surface area contributed by atoms with Crippen LogP contribution in [0.5, 0.6) is 11.5 Å². The molecule has 0 saturated heterocycles. The van der Waals surface area contributed by atoms with Gasteiger partial charge in [-0.25, -0.2) is 0 Å². The Morgan fingerprint density at radius 3 is 2.33 bits per heavy atom. The van der Waals surface area contributed by atoms with Gasteiger partial charge >= 0.3 is 0 Å². The summed E-state index contributed by atoms with van der Waals surface area (Å²) in [5.41, 5.74) is 3.67. The second-order valence-electron chi connectivity index (χ2n) is 4.99. The van der Waals surface area contributed by atoms with Gasteiger partial charge in [0.1, 0.15) is 11.5 Å². The molecule has 0 aromatic heterocycles. The van der Waals surface area contributed by atoms with Gasteiger partial charge in [0.05, 0.1) is 20.3 Å². The van der Waals surface area contributed by atoms with E-state index in [9.17, 15) is 0 Å². The predicted molar refractivity (Wildman–Crippen MR) is 86.2 cm³/mol. The van der Waals surface area contributed by atoms with E-state index in [1.54, 1.807) is 14.2 Å². The zero-order chi connectivity index (χ0) is 15.2. The zero-order valence-corrected chi connectivity index (χ0v) is 13.1. The Morgan fingerprint density at radius 2 is 1.71 bits per heavy atom. The minimum Gasteiger partial charge on any atom is -0.497 e. The largest absolute Gasteiger partial charge is 0.497 e. The first kappa shape index (κ1) is 15.4. The van der Waals surface area contributed by atoms with Crippen LogP contribution in [0.25, 0.3) is 0 Å². The molecule has 0 bridgehead atoms. The van der Waals surface area contributed by atoms with Crippen LogP contribution in [-0.2, 0) is 0 Å². The van der Waals surface area contributed by atoms with Crippen molar-refractivity contribution in [3.05, 3.63) is 59.2 Å². The third-order valence-electron chi connectivity index (χ3n) is 3.62. The van der Waals surface area contributed by atoms with E-state index in [2.05, 4.69) is 43.4 Å². The van der Waals surface area contributed by atoms with Crippen LogP contribution >= 0.6 is 0 Å². The monoisotopic (exact) mass is 285 g/mol. The van der Waals surface area contributed by atoms with E-state index in [1.165, 1.54) is 16.7 Å². The lowest BCUT2D eigenvalue weighted by Gasteiger charge is -2.22. The average Bonchev–Trinajstić information content (AvgIpc) is 2.53. The predicted octanol–water partition coefficient (Wildman–Crippen LogP) is 3.71. The van der Waals surface area contributed by atoms with Gasteiger partial charge in [-0.3, -0.25) is 0 Å². The van der Waals surface area contributed by atoms with Crippen LogP contribution in [0.15, 0.2) is 42.5 Å². The van der Waals surface area contributed by atoms with Gasteiger partial charge in [0.25, 0.3) is 0 Å². The molecule has 21 heavy (non-hydrogen) atoms. The third-order valence-corrected chi connectivity index (χ3v) is 3.62. The number of benzene rings is 2. The molecule has 1 N–H and O–H groups in total. The van der Waals surface area contributed by atoms with Crippen molar-refractivity contribution in [1.29, 1.82) is 0 Å². The van der Waals surface area contributed by atoms with Crippen molar-refractivity contribution in [1.82, 2.24) is 5.32 Å². The zero-order valence-electron chi connectivity index (χ0n) is 13.1. The fourth-order valence-corrected chi connectivity index (χ4v) is 2.53. The molecule has 2 aromatic rings. The molecule has 2 aromatic carbocycles. The fraction of sp³-hybridized carbons (Fsp3) is 0.333. The van der Waals surface area contributed by atoms with Crippen molar-refractivity contribution in [2.75, 3.05) is 20.8 Å². The quantitative estimate of drug-likeness (QED) is 0.877. The normalized spacial score (nSPS) is 12.0. The molecule has 112 valence electrons. The first-order valence-electron chi connectivity index (χ1n) is 7.21. The minimum atomic E-state index is 0.149. The molecule has 3 heteroatoms. The van der Waals surface area contributed by atoms with E-state index in [-0.39, 0.29) is 6.04 Å². The van der Waals surface area contributed by atoms with Crippen LogP contribution in [0.1, 0.15) is 29.7 Å². The number of rotatable bonds is 6. The molecule has 2 rings (SSSR count). The summed E-state index contributed by atoms with van der Waals surface area (Å²) in [5.74, 6) is 1.76. The lowest BCUT2D eigenvalue weighted by atomic mass is 9.94. The molecule has 0 saturated carbocycles. The number of nitrogens with one attached hydrogen (secondary N) is 1. The Kier molecular flexibility index (Phi) is 5.23. The maximum atomic E-state index is 5.34. The Labute approximate surface area is 126 Å². The molecule has 0 heterocycles. The fourth-order valence-electron chi connectivity index (χ4n) is 2.53. The first-order valence-corrected chi connectivity index (χ1v) is 7.21. The third kappa shape index (κ3) is 3.56. The van der Waals surface area contributed by atoms with E-state index in [0.717, 1.165) is 18.0 Å². The first-order chi connectivity index (χ1) is 10.2. The summed E-state index contributed by atoms with van der Waals surface area (Å²) >= 11 is 0. The maximum Gasteiger partial charge on any atom is 0.119 e. The van der Waals surface area contributed by atoms with Gasteiger partial charge in [0.15, 0.2) is 0 Å². The van der Waals surface area contributed by atoms with Crippen LogP contribution < -0.4 is 14.8 Å². The van der Waals surface area contributed by atoms with Crippen molar-refractivity contribution in [3.63, 3.8) is 0 Å². The molecule has 0 spiro atoms. The summed E-state index contributed by atoms with van der Waals surface area (Å²) in [6, 6.07) is 14.5. The van der Waals surface area contributed by atoms with E-state index >= 15 is 0 Å². The highest BCUT2D eigenvalue weighted by atomic mass is 16.5. The number of aryl methyl sites for hydroxylation is 1. The number of ether oxygens (including phenoxy) is 2. The smallest absolute Gasteiger partial charge is 0.119 e. The summed E-state index contributed by atoms with van der Waals surface area (Å²) in [4.78, 5) is 0. The van der Waals surface area contributed by atoms with Crippen molar-refractivity contribution < 1.29 is 9.47 Å². The molecule has 3 nitrogen and oxygen atoms in total. The number of hydrogen-bond acceptors (Lipinski definition) is 3. The highest BCUT2D eigenvalue weighted by molar-refractivity contribution is 5.42. The van der Waals surface area contributed by atoms with Gasteiger partial charge in [0.2, 0.25) is 0 Å². The highest BCUT2D eigenvalue weighted by Crippen LogP contribution is 2.29. The molecule has 0 fully saturated rings. The van der Waals surface area contributed by atoms with Crippen LogP contribution in [0.2, 0.25) is 0 Å². The van der Waals surface area contributed by atoms with Crippen LogP contribution in [0, 0.1) is 6.92 Å². The van der Waals surface area contributed by atoms with Crippen molar-refractivity contribution >= 4 is 0 Å². The van der Waals surface area contributed by atoms with Crippen molar-refractivity contribution in [3.8, 4) is 11.5 Å². The summed E-state index contributed by atoms with van der Waals surface area (Å²) < 4.78 is 10.6. The van der Waals surface area contributed by atoms with E-state index in [0.29, 0.717) is 0 Å². The average molecular weight is 285 g/mol. The molecular weight excluding hydrogens is 262 g/mol. The summed E-state index contributed by atoms with van der Waals surface area (Å²) in [5, 5.41) is 3.55. The Balaban J connectivity index is 2.42. The highest BCUT2D eigenvalue weighted by Gasteiger charge is 2.16. The lowest BCUT2D eigenvalue weighted by Crippen LogP contribution is -2.22. The van der Waals surface area contributed by atoms with E-state index in [1.807, 2.05) is 18.2 Å². The minimum absolute atomic E-state index is 0.149. The second-order valence-corrected chi connectivity index (χ2v) is 4.99. The number of hydrogen-bond donors (Lipinski definition) is 1. The summed E-state index contributed by atoms with van der Waals surface area (Å²) in [7, 11) is 3.39. The lowest BCUT2D eigenvalue weighted by molar-refractivity contribution is 0.413. The SMILES string of the molecule is CCNC(c1cccc(OC)c1)c1ccc(OC)cc1C. The topological polar surface area (TPSA) is 30.5 Å². The molecule has 1 unspecified atom stereocenters. The Morgan fingerprint density at radius 1 is 1.00 bits per heavy atom. The van der Waals surface area contributed by atoms with Crippen LogP contribution in [0.3, 0.4) is 0 Å². The Bertz CT molecular complexity index is 596. The van der Waals surface area contributed by atoms with Gasteiger partial charge in [0, 0.05) is 0 Å². The molecule has 0 aliphatic heterocycles. The Hall–Kier alpha value is -2.00. The molecule has 0 aliphatic carbocycles. The molecule has 1 atom stereocenters. The van der Waals surface area contributed by atoms with Crippen LogP contribution in [-0.4, -0.2) is 20.8 Å². The van der Waals surface area contributed by atoms with Gasteiger partial charge in [-0.05, 0) is 54.4 Å². The molecule has 0 aliphatic rings. The van der Waals surface area contributed by atoms with E-state index < -0.39 is 0 Å². The molecular formula is C18H23NO2. The second kappa shape index (κ2) is 7.14. The maximum absolute atomic E-state index is 5.34.